The minimum atomic E-state index is 0.596. The van der Waals surface area contributed by atoms with Crippen LogP contribution in [0.1, 0.15) is 31.9 Å². The molecule has 0 amide bonds. The Morgan fingerprint density at radius 2 is 2.26 bits per heavy atom. The van der Waals surface area contributed by atoms with Crippen LogP contribution in [-0.2, 0) is 16.1 Å². The van der Waals surface area contributed by atoms with Gasteiger partial charge in [-0.3, -0.25) is 4.98 Å². The van der Waals surface area contributed by atoms with Crippen LogP contribution in [0.2, 0.25) is 0 Å². The first-order valence-corrected chi connectivity index (χ1v) is 7.22. The lowest BCUT2D eigenvalue weighted by Gasteiger charge is -2.21. The highest BCUT2D eigenvalue weighted by Gasteiger charge is 2.13. The van der Waals surface area contributed by atoms with E-state index in [1.54, 1.807) is 0 Å². The molecule has 0 unspecified atom stereocenters. The lowest BCUT2D eigenvalue weighted by molar-refractivity contribution is 0.0150. The largest absolute Gasteiger partial charge is 0.385 e. The molecule has 0 aromatic carbocycles. The van der Waals surface area contributed by atoms with Crippen LogP contribution in [0.15, 0.2) is 18.3 Å². The molecule has 4 nitrogen and oxygen atoms in total. The molecule has 1 aliphatic heterocycles. The van der Waals surface area contributed by atoms with Crippen molar-refractivity contribution in [2.75, 3.05) is 31.7 Å². The molecule has 0 saturated carbocycles. The molecule has 0 atom stereocenters. The topological polar surface area (TPSA) is 43.4 Å². The van der Waals surface area contributed by atoms with Gasteiger partial charge in [0.1, 0.15) is 0 Å². The van der Waals surface area contributed by atoms with E-state index in [1.807, 2.05) is 12.3 Å². The summed E-state index contributed by atoms with van der Waals surface area (Å²) in [6, 6.07) is 4.07. The summed E-state index contributed by atoms with van der Waals surface area (Å²) in [6.07, 6.45) is 5.19. The van der Waals surface area contributed by atoms with Gasteiger partial charge in [-0.25, -0.2) is 0 Å². The van der Waals surface area contributed by atoms with E-state index in [4.69, 9.17) is 9.47 Å². The lowest BCUT2D eigenvalue weighted by Crippen LogP contribution is -2.20. The number of anilines is 1. The van der Waals surface area contributed by atoms with Gasteiger partial charge in [-0.2, -0.15) is 0 Å². The van der Waals surface area contributed by atoms with Gasteiger partial charge in [0.25, 0.3) is 0 Å². The summed E-state index contributed by atoms with van der Waals surface area (Å²) < 4.78 is 11.1. The summed E-state index contributed by atoms with van der Waals surface area (Å²) in [6.45, 7) is 6.32. The molecule has 1 aliphatic rings. The van der Waals surface area contributed by atoms with Crippen LogP contribution in [-0.4, -0.2) is 31.3 Å². The van der Waals surface area contributed by atoms with Gasteiger partial charge in [0, 0.05) is 31.6 Å². The average Bonchev–Trinajstić information content (AvgIpc) is 2.47. The van der Waals surface area contributed by atoms with Crippen molar-refractivity contribution in [2.45, 2.75) is 32.8 Å². The van der Waals surface area contributed by atoms with E-state index in [0.29, 0.717) is 12.5 Å². The van der Waals surface area contributed by atoms with E-state index in [-0.39, 0.29) is 0 Å². The van der Waals surface area contributed by atoms with E-state index >= 15 is 0 Å². The second-order valence-electron chi connectivity index (χ2n) is 5.03. The van der Waals surface area contributed by atoms with Gasteiger partial charge in [-0.1, -0.05) is 6.92 Å². The molecule has 2 heterocycles. The quantitative estimate of drug-likeness (QED) is 0.822. The van der Waals surface area contributed by atoms with E-state index in [1.165, 1.54) is 0 Å². The number of rotatable bonds is 7. The molecule has 1 N–H and O–H groups in total. The highest BCUT2D eigenvalue weighted by atomic mass is 16.5. The minimum absolute atomic E-state index is 0.596. The monoisotopic (exact) mass is 264 g/mol. The summed E-state index contributed by atoms with van der Waals surface area (Å²) in [4.78, 5) is 4.34. The Labute approximate surface area is 115 Å². The smallest absolute Gasteiger partial charge is 0.0888 e. The van der Waals surface area contributed by atoms with Crippen LogP contribution in [0.4, 0.5) is 5.69 Å². The number of aromatic nitrogens is 1. The van der Waals surface area contributed by atoms with Gasteiger partial charge in [-0.15, -0.1) is 0 Å². The molecule has 0 spiro atoms. The van der Waals surface area contributed by atoms with Crippen molar-refractivity contribution in [2.24, 2.45) is 5.92 Å². The first kappa shape index (κ1) is 14.3. The van der Waals surface area contributed by atoms with Crippen LogP contribution in [0.5, 0.6) is 0 Å². The fraction of sp³-hybridized carbons (Fsp3) is 0.667. The van der Waals surface area contributed by atoms with Crippen molar-refractivity contribution in [3.8, 4) is 0 Å². The zero-order chi connectivity index (χ0) is 13.3. The zero-order valence-corrected chi connectivity index (χ0v) is 11.7. The van der Waals surface area contributed by atoms with Gasteiger partial charge in [0.2, 0.25) is 0 Å². The predicted octanol–water partition coefficient (Wildman–Crippen LogP) is 2.85. The third kappa shape index (κ3) is 5.17. The Balaban J connectivity index is 1.72. The fourth-order valence-electron chi connectivity index (χ4n) is 2.18. The minimum Gasteiger partial charge on any atom is -0.385 e. The summed E-state index contributed by atoms with van der Waals surface area (Å²) in [5.41, 5.74) is 2.12. The van der Waals surface area contributed by atoms with Crippen LogP contribution in [0, 0.1) is 5.92 Å². The molecule has 0 bridgehead atoms. The number of hydrogen-bond donors (Lipinski definition) is 1. The van der Waals surface area contributed by atoms with Crippen molar-refractivity contribution in [1.82, 2.24) is 4.98 Å². The third-order valence-electron chi connectivity index (χ3n) is 3.34. The molecule has 1 saturated heterocycles. The molecule has 1 aromatic rings. The van der Waals surface area contributed by atoms with Gasteiger partial charge in [-0.05, 0) is 37.3 Å². The lowest BCUT2D eigenvalue weighted by atomic mass is 10.0. The van der Waals surface area contributed by atoms with E-state index in [0.717, 1.165) is 57.0 Å². The summed E-state index contributed by atoms with van der Waals surface area (Å²) in [5, 5.41) is 3.36. The van der Waals surface area contributed by atoms with Crippen molar-refractivity contribution < 1.29 is 9.47 Å². The van der Waals surface area contributed by atoms with Gasteiger partial charge < -0.3 is 14.8 Å². The third-order valence-corrected chi connectivity index (χ3v) is 3.34. The molecule has 4 heteroatoms. The molecular weight excluding hydrogens is 240 g/mol. The summed E-state index contributed by atoms with van der Waals surface area (Å²) >= 11 is 0. The number of nitrogens with one attached hydrogen (secondary N) is 1. The molecular formula is C15H24N2O2. The van der Waals surface area contributed by atoms with Crippen LogP contribution in [0.25, 0.3) is 0 Å². The Morgan fingerprint density at radius 1 is 1.42 bits per heavy atom. The van der Waals surface area contributed by atoms with Gasteiger partial charge in [0.05, 0.1) is 18.9 Å². The maximum absolute atomic E-state index is 5.77. The normalized spacial score (nSPS) is 16.5. The molecule has 0 radical (unpaired) electrons. The highest BCUT2D eigenvalue weighted by molar-refractivity contribution is 5.42. The van der Waals surface area contributed by atoms with Crippen LogP contribution in [0.3, 0.4) is 0 Å². The molecule has 1 fully saturated rings. The highest BCUT2D eigenvalue weighted by Crippen LogP contribution is 2.16. The molecule has 19 heavy (non-hydrogen) atoms. The summed E-state index contributed by atoms with van der Waals surface area (Å²) in [7, 11) is 0. The van der Waals surface area contributed by atoms with Crippen molar-refractivity contribution in [3.05, 3.63) is 24.0 Å². The fourth-order valence-corrected chi connectivity index (χ4v) is 2.18. The number of pyridine rings is 1. The Hall–Kier alpha value is -1.13. The van der Waals surface area contributed by atoms with Crippen molar-refractivity contribution in [1.29, 1.82) is 0 Å². The zero-order valence-electron chi connectivity index (χ0n) is 11.7. The Kier molecular flexibility index (Phi) is 6.11. The second-order valence-corrected chi connectivity index (χ2v) is 5.03. The molecule has 0 aliphatic carbocycles. The molecule has 1 aromatic heterocycles. The number of hydrogen-bond acceptors (Lipinski definition) is 4. The maximum Gasteiger partial charge on any atom is 0.0888 e. The molecule has 2 rings (SSSR count). The first-order valence-electron chi connectivity index (χ1n) is 7.22. The average molecular weight is 264 g/mol. The van der Waals surface area contributed by atoms with Gasteiger partial charge in [0.15, 0.2) is 0 Å². The second kappa shape index (κ2) is 8.12. The van der Waals surface area contributed by atoms with Crippen molar-refractivity contribution >= 4 is 5.69 Å². The SMILES string of the molecule is CCCNc1ccnc(COCC2CCOCC2)c1. The standard InChI is InChI=1S/C15H24N2O2/c1-2-6-16-14-3-7-17-15(10-14)12-19-11-13-4-8-18-9-5-13/h3,7,10,13H,2,4-6,8-9,11-12H2,1H3,(H,16,17). The van der Waals surface area contributed by atoms with Crippen LogP contribution < -0.4 is 5.32 Å². The van der Waals surface area contributed by atoms with E-state index < -0.39 is 0 Å². The maximum atomic E-state index is 5.77. The first-order chi connectivity index (χ1) is 9.38. The van der Waals surface area contributed by atoms with Gasteiger partial charge >= 0.3 is 0 Å². The molecule has 106 valence electrons. The summed E-state index contributed by atoms with van der Waals surface area (Å²) in [5.74, 6) is 0.648. The number of ether oxygens (including phenoxy) is 2. The Morgan fingerprint density at radius 3 is 3.05 bits per heavy atom. The predicted molar refractivity (Wildman–Crippen MR) is 76.2 cm³/mol. The van der Waals surface area contributed by atoms with E-state index in [9.17, 15) is 0 Å². The van der Waals surface area contributed by atoms with Crippen LogP contribution >= 0.6 is 0 Å². The Bertz CT molecular complexity index is 365. The number of nitrogens with zero attached hydrogens (tertiary/aromatic N) is 1. The van der Waals surface area contributed by atoms with Crippen molar-refractivity contribution in [3.63, 3.8) is 0 Å². The van der Waals surface area contributed by atoms with E-state index in [2.05, 4.69) is 23.3 Å².